The smallest absolute Gasteiger partial charge is 0.0232 e. The van der Waals surface area contributed by atoms with E-state index in [1.807, 2.05) is 0 Å². The molecule has 2 bridgehead atoms. The molecule has 5 atom stereocenters. The van der Waals surface area contributed by atoms with Gasteiger partial charge in [-0.15, -0.1) is 0 Å². The van der Waals surface area contributed by atoms with Crippen LogP contribution in [0.15, 0.2) is 0 Å². The van der Waals surface area contributed by atoms with Crippen molar-refractivity contribution in [3.8, 4) is 0 Å². The molecule has 4 aliphatic carbocycles. The van der Waals surface area contributed by atoms with Gasteiger partial charge < -0.3 is 0 Å². The molecule has 54 valence electrons. The second-order valence-corrected chi connectivity index (χ2v) is 5.28. The molecule has 5 unspecified atom stereocenters. The second-order valence-electron chi connectivity index (χ2n) is 5.28. The van der Waals surface area contributed by atoms with Crippen LogP contribution in [0.3, 0.4) is 0 Å². The van der Waals surface area contributed by atoms with Crippen molar-refractivity contribution >= 4 is 0 Å². The van der Waals surface area contributed by atoms with E-state index in [0.29, 0.717) is 0 Å². The Bertz CT molecular complexity index is 208. The zero-order chi connectivity index (χ0) is 6.34. The number of hydrogen-bond donors (Lipinski definition) is 0. The molecule has 10 heavy (non-hydrogen) atoms. The van der Waals surface area contributed by atoms with Gasteiger partial charge in [-0.3, -0.25) is 0 Å². The topological polar surface area (TPSA) is 0 Å². The first kappa shape index (κ1) is 4.79. The van der Waals surface area contributed by atoms with Crippen molar-refractivity contribution in [2.75, 3.05) is 0 Å². The van der Waals surface area contributed by atoms with E-state index >= 15 is 0 Å². The predicted octanol–water partition coefficient (Wildman–Crippen LogP) is 2.44. The summed E-state index contributed by atoms with van der Waals surface area (Å²) in [4.78, 5) is 0. The molecule has 4 aliphatic rings. The lowest BCUT2D eigenvalue weighted by Gasteiger charge is -2.22. The van der Waals surface area contributed by atoms with E-state index in [0.717, 1.165) is 5.41 Å². The molecule has 4 fully saturated rings. The largest absolute Gasteiger partial charge is 0.0473 e. The third-order valence-electron chi connectivity index (χ3n) is 5.07. The number of fused-ring (bicyclic) bond motifs is 1. The molecule has 0 nitrogen and oxygen atoms in total. The zero-order valence-corrected chi connectivity index (χ0v) is 6.34. The van der Waals surface area contributed by atoms with Crippen LogP contribution in [0.1, 0.15) is 32.1 Å². The van der Waals surface area contributed by atoms with Crippen molar-refractivity contribution in [2.24, 2.45) is 29.1 Å². The highest BCUT2D eigenvalue weighted by Crippen LogP contribution is 2.80. The highest BCUT2D eigenvalue weighted by molar-refractivity contribution is 5.21. The quantitative estimate of drug-likeness (QED) is 0.477. The maximum Gasteiger partial charge on any atom is -0.0232 e. The average Bonchev–Trinajstić information content (AvgIpc) is 2.23. The van der Waals surface area contributed by atoms with Gasteiger partial charge in [0.2, 0.25) is 0 Å². The molecule has 0 aromatic rings. The molecule has 0 aromatic heterocycles. The molecule has 0 heteroatoms. The van der Waals surface area contributed by atoms with Crippen molar-refractivity contribution in [3.05, 3.63) is 0 Å². The van der Waals surface area contributed by atoms with Gasteiger partial charge in [-0.1, -0.05) is 0 Å². The van der Waals surface area contributed by atoms with Crippen LogP contribution in [0.5, 0.6) is 0 Å². The zero-order valence-electron chi connectivity index (χ0n) is 6.34. The average molecular weight is 134 g/mol. The lowest BCUT2D eigenvalue weighted by atomic mass is 9.83. The Morgan fingerprint density at radius 1 is 1.00 bits per heavy atom. The maximum atomic E-state index is 1.65. The Kier molecular flexibility index (Phi) is 0.522. The van der Waals surface area contributed by atoms with E-state index in [2.05, 4.69) is 0 Å². The van der Waals surface area contributed by atoms with Crippen LogP contribution in [0.2, 0.25) is 0 Å². The van der Waals surface area contributed by atoms with E-state index in [9.17, 15) is 0 Å². The van der Waals surface area contributed by atoms with E-state index in [1.54, 1.807) is 32.1 Å². The minimum atomic E-state index is 0.994. The van der Waals surface area contributed by atoms with Crippen LogP contribution >= 0.6 is 0 Å². The van der Waals surface area contributed by atoms with Crippen LogP contribution in [-0.2, 0) is 0 Å². The lowest BCUT2D eigenvalue weighted by Crippen LogP contribution is -2.14. The minimum absolute atomic E-state index is 0.994. The monoisotopic (exact) mass is 134 g/mol. The summed E-state index contributed by atoms with van der Waals surface area (Å²) < 4.78 is 0. The molecular formula is C10H14. The first-order valence-electron chi connectivity index (χ1n) is 4.88. The molecule has 0 radical (unpaired) electrons. The standard InChI is InChI=1S/C10H14/c1-6-2-9-7(1)3-8-5-10(8,9)4-6/h6-9H,1-5H2. The highest BCUT2D eigenvalue weighted by Gasteiger charge is 2.72. The molecular weight excluding hydrogens is 120 g/mol. The van der Waals surface area contributed by atoms with Gasteiger partial charge in [0.15, 0.2) is 0 Å². The normalized spacial score (nSPS) is 74.4. The summed E-state index contributed by atoms with van der Waals surface area (Å²) in [5.41, 5.74) is 0.994. The van der Waals surface area contributed by atoms with Crippen LogP contribution in [0.25, 0.3) is 0 Å². The maximum absolute atomic E-state index is 1.65. The second kappa shape index (κ2) is 1.09. The third kappa shape index (κ3) is 0.302. The fraction of sp³-hybridized carbons (Fsp3) is 1.00. The summed E-state index contributed by atoms with van der Waals surface area (Å²) in [6.45, 7) is 0. The van der Waals surface area contributed by atoms with Crippen molar-refractivity contribution in [1.82, 2.24) is 0 Å². The Hall–Kier alpha value is 0. The van der Waals surface area contributed by atoms with Gasteiger partial charge in [0.05, 0.1) is 0 Å². The molecule has 1 spiro atoms. The van der Waals surface area contributed by atoms with E-state index in [4.69, 9.17) is 0 Å². The van der Waals surface area contributed by atoms with Crippen molar-refractivity contribution in [1.29, 1.82) is 0 Å². The van der Waals surface area contributed by atoms with Crippen LogP contribution in [-0.4, -0.2) is 0 Å². The van der Waals surface area contributed by atoms with Crippen molar-refractivity contribution in [3.63, 3.8) is 0 Å². The van der Waals surface area contributed by atoms with Gasteiger partial charge in [0.25, 0.3) is 0 Å². The van der Waals surface area contributed by atoms with Gasteiger partial charge in [-0.25, -0.2) is 0 Å². The third-order valence-corrected chi connectivity index (χ3v) is 5.07. The van der Waals surface area contributed by atoms with Gasteiger partial charge in [0.1, 0.15) is 0 Å². The fourth-order valence-electron chi connectivity index (χ4n) is 4.85. The van der Waals surface area contributed by atoms with Gasteiger partial charge in [0, 0.05) is 0 Å². The molecule has 4 rings (SSSR count). The molecule has 0 heterocycles. The first-order valence-corrected chi connectivity index (χ1v) is 4.88. The number of hydrogen-bond acceptors (Lipinski definition) is 0. The Morgan fingerprint density at radius 3 is 2.70 bits per heavy atom. The molecule has 0 amide bonds. The highest BCUT2D eigenvalue weighted by atomic mass is 14.8. The Morgan fingerprint density at radius 2 is 2.00 bits per heavy atom. The van der Waals surface area contributed by atoms with Crippen LogP contribution < -0.4 is 0 Å². The summed E-state index contributed by atoms with van der Waals surface area (Å²) in [7, 11) is 0. The van der Waals surface area contributed by atoms with E-state index in [-0.39, 0.29) is 0 Å². The van der Waals surface area contributed by atoms with Crippen molar-refractivity contribution in [2.45, 2.75) is 32.1 Å². The summed E-state index contributed by atoms with van der Waals surface area (Å²) in [6, 6.07) is 0. The summed E-state index contributed by atoms with van der Waals surface area (Å²) in [6.07, 6.45) is 8.20. The summed E-state index contributed by atoms with van der Waals surface area (Å²) in [5.74, 6) is 4.89. The summed E-state index contributed by atoms with van der Waals surface area (Å²) in [5, 5.41) is 0. The van der Waals surface area contributed by atoms with Crippen LogP contribution in [0, 0.1) is 29.1 Å². The molecule has 4 saturated carbocycles. The number of rotatable bonds is 0. The van der Waals surface area contributed by atoms with Crippen LogP contribution in [0.4, 0.5) is 0 Å². The first-order chi connectivity index (χ1) is 4.88. The Balaban J connectivity index is 1.94. The van der Waals surface area contributed by atoms with Crippen molar-refractivity contribution < 1.29 is 0 Å². The van der Waals surface area contributed by atoms with Gasteiger partial charge >= 0.3 is 0 Å². The predicted molar refractivity (Wildman–Crippen MR) is 39.5 cm³/mol. The minimum Gasteiger partial charge on any atom is -0.0473 e. The summed E-state index contributed by atoms with van der Waals surface area (Å²) >= 11 is 0. The molecule has 0 N–H and O–H groups in total. The molecule has 0 aromatic carbocycles. The lowest BCUT2D eigenvalue weighted by molar-refractivity contribution is 0.269. The van der Waals surface area contributed by atoms with E-state index < -0.39 is 0 Å². The van der Waals surface area contributed by atoms with E-state index in [1.165, 1.54) is 23.7 Å². The Labute approximate surface area is 62.0 Å². The molecule has 0 saturated heterocycles. The molecule has 0 aliphatic heterocycles. The SMILES string of the molecule is C1C2CC3C1CC1CC13C2. The van der Waals surface area contributed by atoms with Gasteiger partial charge in [-0.2, -0.15) is 0 Å². The van der Waals surface area contributed by atoms with Gasteiger partial charge in [-0.05, 0) is 61.2 Å². The fourth-order valence-corrected chi connectivity index (χ4v) is 4.85.